The van der Waals surface area contributed by atoms with Gasteiger partial charge in [-0.05, 0) is 31.2 Å². The van der Waals surface area contributed by atoms with Crippen molar-refractivity contribution in [3.8, 4) is 0 Å². The van der Waals surface area contributed by atoms with Crippen LogP contribution in [0.25, 0.3) is 0 Å². The van der Waals surface area contributed by atoms with E-state index in [1.54, 1.807) is 35.2 Å². The second-order valence-corrected chi connectivity index (χ2v) is 9.82. The molecule has 0 bridgehead atoms. The molecule has 1 atom stereocenters. The summed E-state index contributed by atoms with van der Waals surface area (Å²) in [6, 6.07) is 11.0. The molecule has 31 heavy (non-hydrogen) atoms. The lowest BCUT2D eigenvalue weighted by molar-refractivity contribution is -0.143. The fourth-order valence-corrected chi connectivity index (χ4v) is 5.34. The van der Waals surface area contributed by atoms with E-state index in [0.717, 1.165) is 5.56 Å². The molecule has 2 aliphatic rings. The standard InChI is InChI=1S/C21H21ClFN3O4S/c1-14-5-7-15(8-6-14)31(28,29)26-11-9-25(10-12-26)21(27)19-13-18(24-30-19)20-16(22)3-2-4-17(20)23/h2-8,19H,9-13H2,1H3. The maximum Gasteiger partial charge on any atom is 0.266 e. The molecule has 0 radical (unpaired) electrons. The second-order valence-electron chi connectivity index (χ2n) is 7.48. The number of hydrogen-bond acceptors (Lipinski definition) is 5. The van der Waals surface area contributed by atoms with Crippen molar-refractivity contribution in [3.63, 3.8) is 0 Å². The van der Waals surface area contributed by atoms with E-state index in [-0.39, 0.29) is 59.7 Å². The number of benzene rings is 2. The minimum Gasteiger partial charge on any atom is -0.382 e. The molecular weight excluding hydrogens is 445 g/mol. The van der Waals surface area contributed by atoms with Crippen molar-refractivity contribution >= 4 is 33.2 Å². The van der Waals surface area contributed by atoms with Crippen LogP contribution in [-0.4, -0.2) is 61.5 Å². The van der Waals surface area contributed by atoms with E-state index in [2.05, 4.69) is 5.16 Å². The van der Waals surface area contributed by atoms with Crippen LogP contribution in [0.5, 0.6) is 0 Å². The van der Waals surface area contributed by atoms with Crippen LogP contribution in [0, 0.1) is 12.7 Å². The summed E-state index contributed by atoms with van der Waals surface area (Å²) in [6.07, 6.45) is -0.785. The van der Waals surface area contributed by atoms with Crippen molar-refractivity contribution in [1.82, 2.24) is 9.21 Å². The molecule has 0 aliphatic carbocycles. The van der Waals surface area contributed by atoms with E-state index in [4.69, 9.17) is 16.4 Å². The highest BCUT2D eigenvalue weighted by molar-refractivity contribution is 7.89. The number of oxime groups is 1. The Balaban J connectivity index is 1.38. The second kappa shape index (κ2) is 8.57. The number of amides is 1. The van der Waals surface area contributed by atoms with Crippen molar-refractivity contribution in [2.75, 3.05) is 26.2 Å². The minimum atomic E-state index is -3.62. The lowest BCUT2D eigenvalue weighted by Gasteiger charge is -2.34. The summed E-state index contributed by atoms with van der Waals surface area (Å²) >= 11 is 6.07. The molecule has 1 amide bonds. The Morgan fingerprint density at radius 1 is 1.13 bits per heavy atom. The van der Waals surface area contributed by atoms with Gasteiger partial charge in [0.1, 0.15) is 5.82 Å². The number of hydrogen-bond donors (Lipinski definition) is 0. The summed E-state index contributed by atoms with van der Waals surface area (Å²) < 4.78 is 41.1. The van der Waals surface area contributed by atoms with Gasteiger partial charge >= 0.3 is 0 Å². The number of carbonyl (C=O) groups excluding carboxylic acids is 1. The number of piperazine rings is 1. The molecule has 0 saturated carbocycles. The lowest BCUT2D eigenvalue weighted by Crippen LogP contribution is -2.52. The summed E-state index contributed by atoms with van der Waals surface area (Å²) in [4.78, 5) is 19.9. The normalized spacial score (nSPS) is 19.8. The van der Waals surface area contributed by atoms with E-state index < -0.39 is 21.9 Å². The first-order valence-corrected chi connectivity index (χ1v) is 11.6. The van der Waals surface area contributed by atoms with Crippen LogP contribution in [0.3, 0.4) is 0 Å². The third kappa shape index (κ3) is 4.30. The summed E-state index contributed by atoms with van der Waals surface area (Å²) in [6.45, 7) is 2.73. The van der Waals surface area contributed by atoms with Crippen LogP contribution >= 0.6 is 11.6 Å². The highest BCUT2D eigenvalue weighted by atomic mass is 35.5. The maximum absolute atomic E-state index is 14.1. The molecule has 4 rings (SSSR count). The van der Waals surface area contributed by atoms with Gasteiger partial charge in [-0.3, -0.25) is 4.79 Å². The molecule has 1 saturated heterocycles. The van der Waals surface area contributed by atoms with Gasteiger partial charge in [0.05, 0.1) is 21.2 Å². The van der Waals surface area contributed by atoms with Gasteiger partial charge in [-0.15, -0.1) is 0 Å². The summed E-state index contributed by atoms with van der Waals surface area (Å²) in [5.41, 5.74) is 1.39. The summed E-state index contributed by atoms with van der Waals surface area (Å²) in [5, 5.41) is 4.06. The Morgan fingerprint density at radius 3 is 2.45 bits per heavy atom. The third-order valence-electron chi connectivity index (χ3n) is 5.40. The molecule has 2 aromatic rings. The maximum atomic E-state index is 14.1. The number of nitrogens with zero attached hydrogens (tertiary/aromatic N) is 3. The number of sulfonamides is 1. The first-order valence-electron chi connectivity index (χ1n) is 9.80. The zero-order valence-corrected chi connectivity index (χ0v) is 18.4. The first kappa shape index (κ1) is 21.7. The van der Waals surface area contributed by atoms with Crippen LogP contribution in [-0.2, 0) is 19.7 Å². The predicted molar refractivity (Wildman–Crippen MR) is 114 cm³/mol. The summed E-state index contributed by atoms with van der Waals surface area (Å²) in [7, 11) is -3.62. The van der Waals surface area contributed by atoms with Crippen molar-refractivity contribution in [2.24, 2.45) is 5.16 Å². The molecule has 0 aromatic heterocycles. The van der Waals surface area contributed by atoms with E-state index in [1.165, 1.54) is 16.4 Å². The largest absolute Gasteiger partial charge is 0.382 e. The van der Waals surface area contributed by atoms with Gasteiger partial charge in [-0.1, -0.05) is 40.5 Å². The van der Waals surface area contributed by atoms with Crippen molar-refractivity contribution < 1.29 is 22.4 Å². The molecule has 1 unspecified atom stereocenters. The van der Waals surface area contributed by atoms with Crippen molar-refractivity contribution in [2.45, 2.75) is 24.3 Å². The Hall–Kier alpha value is -2.49. The molecule has 7 nitrogen and oxygen atoms in total. The van der Waals surface area contributed by atoms with E-state index in [9.17, 15) is 17.6 Å². The topological polar surface area (TPSA) is 79.3 Å². The fourth-order valence-electron chi connectivity index (χ4n) is 3.64. The Labute approximate surface area is 185 Å². The molecule has 2 aromatic carbocycles. The number of halogens is 2. The zero-order valence-electron chi connectivity index (χ0n) is 16.8. The van der Waals surface area contributed by atoms with E-state index >= 15 is 0 Å². The van der Waals surface area contributed by atoms with Crippen LogP contribution in [0.4, 0.5) is 4.39 Å². The highest BCUT2D eigenvalue weighted by Gasteiger charge is 2.37. The van der Waals surface area contributed by atoms with Gasteiger partial charge in [0.25, 0.3) is 5.91 Å². The number of aryl methyl sites for hydroxylation is 1. The molecule has 10 heteroatoms. The SMILES string of the molecule is Cc1ccc(S(=O)(=O)N2CCN(C(=O)C3CC(c4c(F)cccc4Cl)=NO3)CC2)cc1. The van der Waals surface area contributed by atoms with Gasteiger partial charge in [-0.2, -0.15) is 4.31 Å². The van der Waals surface area contributed by atoms with Crippen LogP contribution < -0.4 is 0 Å². The smallest absolute Gasteiger partial charge is 0.266 e. The monoisotopic (exact) mass is 465 g/mol. The Morgan fingerprint density at radius 2 is 1.81 bits per heavy atom. The van der Waals surface area contributed by atoms with Crippen LogP contribution in [0.15, 0.2) is 52.5 Å². The summed E-state index contributed by atoms with van der Waals surface area (Å²) in [5.74, 6) is -0.837. The number of rotatable bonds is 4. The van der Waals surface area contributed by atoms with Crippen LogP contribution in [0.1, 0.15) is 17.5 Å². The first-order chi connectivity index (χ1) is 14.8. The molecule has 164 valence electrons. The molecule has 0 N–H and O–H groups in total. The molecule has 2 aliphatic heterocycles. The van der Waals surface area contributed by atoms with E-state index in [1.807, 2.05) is 6.92 Å². The average molecular weight is 466 g/mol. The third-order valence-corrected chi connectivity index (χ3v) is 7.63. The van der Waals surface area contributed by atoms with E-state index in [0.29, 0.717) is 0 Å². The zero-order chi connectivity index (χ0) is 22.2. The van der Waals surface area contributed by atoms with Gasteiger partial charge in [0.15, 0.2) is 0 Å². The van der Waals surface area contributed by atoms with Crippen molar-refractivity contribution in [1.29, 1.82) is 0 Å². The van der Waals surface area contributed by atoms with Crippen molar-refractivity contribution in [3.05, 3.63) is 64.4 Å². The minimum absolute atomic E-state index is 0.0986. The van der Waals surface area contributed by atoms with Gasteiger partial charge < -0.3 is 9.74 Å². The van der Waals surface area contributed by atoms with Crippen LogP contribution in [0.2, 0.25) is 5.02 Å². The molecular formula is C21H21ClFN3O4S. The molecule has 2 heterocycles. The average Bonchev–Trinajstić information content (AvgIpc) is 3.23. The van der Waals surface area contributed by atoms with Gasteiger partial charge in [0, 0.05) is 32.6 Å². The predicted octanol–water partition coefficient (Wildman–Crippen LogP) is 2.81. The fraction of sp³-hybridized carbons (Fsp3) is 0.333. The highest BCUT2D eigenvalue weighted by Crippen LogP contribution is 2.27. The van der Waals surface area contributed by atoms with Gasteiger partial charge in [0.2, 0.25) is 16.1 Å². The Bertz CT molecular complexity index is 1110. The lowest BCUT2D eigenvalue weighted by atomic mass is 10.0. The molecule has 0 spiro atoms. The molecule has 1 fully saturated rings. The quantitative estimate of drug-likeness (QED) is 0.695. The number of carbonyl (C=O) groups is 1. The van der Waals surface area contributed by atoms with Gasteiger partial charge in [-0.25, -0.2) is 12.8 Å². The Kier molecular flexibility index (Phi) is 6.00.